The molecule has 29 heavy (non-hydrogen) atoms. The second kappa shape index (κ2) is 8.41. The van der Waals surface area contributed by atoms with E-state index in [1.807, 2.05) is 30.7 Å². The molecule has 6 heteroatoms. The molecule has 0 bridgehead atoms. The molecular weight excluding hydrogens is 382 g/mol. The molecule has 1 aromatic heterocycles. The van der Waals surface area contributed by atoms with Crippen molar-refractivity contribution in [2.24, 2.45) is 0 Å². The van der Waals surface area contributed by atoms with E-state index in [0.717, 1.165) is 23.2 Å². The Morgan fingerprint density at radius 1 is 1.00 bits per heavy atom. The van der Waals surface area contributed by atoms with Crippen LogP contribution in [0.25, 0.3) is 0 Å². The van der Waals surface area contributed by atoms with Crippen molar-refractivity contribution in [1.82, 2.24) is 9.78 Å². The third-order valence-corrected chi connectivity index (χ3v) is 6.81. The second-order valence-electron chi connectivity index (χ2n) is 7.67. The van der Waals surface area contributed by atoms with Crippen LogP contribution in [0.5, 0.6) is 0 Å². The number of aromatic nitrogens is 2. The third kappa shape index (κ3) is 4.70. The highest BCUT2D eigenvalue weighted by Gasteiger charge is 2.20. The van der Waals surface area contributed by atoms with Crippen molar-refractivity contribution in [2.75, 3.05) is 4.72 Å². The molecule has 0 aliphatic rings. The zero-order valence-corrected chi connectivity index (χ0v) is 18.5. The van der Waals surface area contributed by atoms with Gasteiger partial charge in [0.15, 0.2) is 0 Å². The number of hydrogen-bond donors (Lipinski definition) is 1. The summed E-state index contributed by atoms with van der Waals surface area (Å²) in [5, 5.41) is 4.54. The van der Waals surface area contributed by atoms with Crippen molar-refractivity contribution in [3.63, 3.8) is 0 Å². The van der Waals surface area contributed by atoms with E-state index in [-0.39, 0.29) is 4.90 Å². The molecule has 1 atom stereocenters. The summed E-state index contributed by atoms with van der Waals surface area (Å²) in [7, 11) is -3.68. The molecule has 0 spiro atoms. The second-order valence-corrected chi connectivity index (χ2v) is 9.36. The van der Waals surface area contributed by atoms with Crippen LogP contribution in [0.3, 0.4) is 0 Å². The van der Waals surface area contributed by atoms with Gasteiger partial charge in [0.25, 0.3) is 10.0 Å². The number of rotatable bonds is 7. The first-order valence-corrected chi connectivity index (χ1v) is 11.4. The Morgan fingerprint density at radius 2 is 1.62 bits per heavy atom. The summed E-state index contributed by atoms with van der Waals surface area (Å²) in [6.07, 6.45) is 1.02. The van der Waals surface area contributed by atoms with Gasteiger partial charge in [-0.15, -0.1) is 0 Å². The Morgan fingerprint density at radius 3 is 2.21 bits per heavy atom. The number of sulfonamides is 1. The zero-order valence-electron chi connectivity index (χ0n) is 17.7. The highest BCUT2D eigenvalue weighted by atomic mass is 32.2. The van der Waals surface area contributed by atoms with Gasteiger partial charge in [0.05, 0.1) is 28.5 Å². The van der Waals surface area contributed by atoms with E-state index in [0.29, 0.717) is 23.8 Å². The average molecular weight is 412 g/mol. The molecule has 1 unspecified atom stereocenters. The van der Waals surface area contributed by atoms with Gasteiger partial charge in [0.2, 0.25) is 0 Å². The monoisotopic (exact) mass is 411 g/mol. The van der Waals surface area contributed by atoms with Crippen molar-refractivity contribution in [3.05, 3.63) is 76.6 Å². The van der Waals surface area contributed by atoms with E-state index in [1.54, 1.807) is 12.1 Å². The molecule has 3 rings (SSSR count). The number of hydrogen-bond acceptors (Lipinski definition) is 3. The maximum Gasteiger partial charge on any atom is 0.262 e. The lowest BCUT2D eigenvalue weighted by atomic mass is 9.99. The summed E-state index contributed by atoms with van der Waals surface area (Å²) in [4.78, 5) is 0.259. The van der Waals surface area contributed by atoms with Crippen molar-refractivity contribution >= 4 is 15.7 Å². The zero-order chi connectivity index (χ0) is 21.2. The van der Waals surface area contributed by atoms with Crippen LogP contribution in [0.1, 0.15) is 54.3 Å². The van der Waals surface area contributed by atoms with Gasteiger partial charge < -0.3 is 0 Å². The first-order chi connectivity index (χ1) is 13.7. The molecule has 0 radical (unpaired) electrons. The topological polar surface area (TPSA) is 64.0 Å². The van der Waals surface area contributed by atoms with Crippen LogP contribution in [0.4, 0.5) is 5.69 Å². The summed E-state index contributed by atoms with van der Waals surface area (Å²) in [6, 6.07) is 15.4. The number of nitrogens with zero attached hydrogens (tertiary/aromatic N) is 2. The van der Waals surface area contributed by atoms with E-state index in [1.165, 1.54) is 5.56 Å². The minimum Gasteiger partial charge on any atom is -0.276 e. The summed E-state index contributed by atoms with van der Waals surface area (Å²) in [6.45, 7) is 10.6. The molecule has 2 aromatic carbocycles. The van der Waals surface area contributed by atoms with Crippen LogP contribution >= 0.6 is 0 Å². The first kappa shape index (κ1) is 21.1. The predicted molar refractivity (Wildman–Crippen MR) is 118 cm³/mol. The lowest BCUT2D eigenvalue weighted by Crippen LogP contribution is -2.14. The molecule has 0 fully saturated rings. The quantitative estimate of drug-likeness (QED) is 0.583. The fraction of sp³-hybridized carbons (Fsp3) is 0.348. The predicted octanol–water partition coefficient (Wildman–Crippen LogP) is 5.17. The van der Waals surface area contributed by atoms with Gasteiger partial charge in [-0.2, -0.15) is 5.10 Å². The average Bonchev–Trinajstić information content (AvgIpc) is 2.96. The number of aryl methyl sites for hydroxylation is 2. The summed E-state index contributed by atoms with van der Waals surface area (Å²) < 4.78 is 30.4. The SMILES string of the molecule is CCC(C)c1ccc(S(=O)(=O)Nc2c(C)nn(Cc3ccc(C)cc3)c2C)cc1. The minimum atomic E-state index is -3.68. The van der Waals surface area contributed by atoms with Crippen molar-refractivity contribution in [2.45, 2.75) is 58.4 Å². The Balaban J connectivity index is 1.83. The van der Waals surface area contributed by atoms with Crippen LogP contribution in [0.2, 0.25) is 0 Å². The number of nitrogens with one attached hydrogen (secondary N) is 1. The molecular formula is C23H29N3O2S. The summed E-state index contributed by atoms with van der Waals surface area (Å²) in [5.74, 6) is 0.407. The van der Waals surface area contributed by atoms with E-state index in [4.69, 9.17) is 0 Å². The van der Waals surface area contributed by atoms with Crippen LogP contribution < -0.4 is 4.72 Å². The lowest BCUT2D eigenvalue weighted by molar-refractivity contribution is 0.601. The third-order valence-electron chi connectivity index (χ3n) is 5.44. The summed E-state index contributed by atoms with van der Waals surface area (Å²) in [5.41, 5.74) is 5.47. The molecule has 1 heterocycles. The lowest BCUT2D eigenvalue weighted by Gasteiger charge is -2.12. The highest BCUT2D eigenvalue weighted by Crippen LogP contribution is 2.25. The smallest absolute Gasteiger partial charge is 0.262 e. The maximum absolute atomic E-state index is 12.9. The number of benzene rings is 2. The molecule has 1 N–H and O–H groups in total. The fourth-order valence-corrected chi connectivity index (χ4v) is 4.45. The number of anilines is 1. The normalized spacial score (nSPS) is 12.7. The van der Waals surface area contributed by atoms with E-state index in [9.17, 15) is 8.42 Å². The van der Waals surface area contributed by atoms with Crippen LogP contribution in [0, 0.1) is 20.8 Å². The molecule has 0 aliphatic carbocycles. The van der Waals surface area contributed by atoms with Gasteiger partial charge in [-0.3, -0.25) is 9.40 Å². The molecule has 154 valence electrons. The van der Waals surface area contributed by atoms with Crippen LogP contribution in [-0.2, 0) is 16.6 Å². The van der Waals surface area contributed by atoms with Gasteiger partial charge in [-0.1, -0.05) is 55.8 Å². The highest BCUT2D eigenvalue weighted by molar-refractivity contribution is 7.92. The largest absolute Gasteiger partial charge is 0.276 e. The Kier molecular flexibility index (Phi) is 6.13. The molecule has 3 aromatic rings. The van der Waals surface area contributed by atoms with E-state index in [2.05, 4.69) is 54.9 Å². The van der Waals surface area contributed by atoms with E-state index < -0.39 is 10.0 Å². The first-order valence-electron chi connectivity index (χ1n) is 9.93. The standard InChI is InChI=1S/C23H29N3O2S/c1-6-17(3)21-11-13-22(14-12-21)29(27,28)25-23-18(4)24-26(19(23)5)15-20-9-7-16(2)8-10-20/h7-14,17,25H,6,15H2,1-5H3. The molecule has 0 saturated carbocycles. The Labute approximate surface area is 173 Å². The van der Waals surface area contributed by atoms with E-state index >= 15 is 0 Å². The van der Waals surface area contributed by atoms with Crippen molar-refractivity contribution < 1.29 is 8.42 Å². The minimum absolute atomic E-state index is 0.259. The van der Waals surface area contributed by atoms with Gasteiger partial charge in [0, 0.05) is 0 Å². The molecule has 5 nitrogen and oxygen atoms in total. The molecule has 0 saturated heterocycles. The van der Waals surface area contributed by atoms with Gasteiger partial charge in [-0.25, -0.2) is 8.42 Å². The van der Waals surface area contributed by atoms with Crippen LogP contribution in [-0.4, -0.2) is 18.2 Å². The van der Waals surface area contributed by atoms with Crippen molar-refractivity contribution in [3.8, 4) is 0 Å². The van der Waals surface area contributed by atoms with Gasteiger partial charge in [0.1, 0.15) is 0 Å². The summed E-state index contributed by atoms with van der Waals surface area (Å²) >= 11 is 0. The fourth-order valence-electron chi connectivity index (χ4n) is 3.27. The van der Waals surface area contributed by atoms with Gasteiger partial charge >= 0.3 is 0 Å². The Bertz CT molecular complexity index is 1080. The molecule has 0 aliphatic heterocycles. The van der Waals surface area contributed by atoms with Gasteiger partial charge in [-0.05, 0) is 56.4 Å². The Hall–Kier alpha value is -2.60. The maximum atomic E-state index is 12.9. The van der Waals surface area contributed by atoms with Crippen LogP contribution in [0.15, 0.2) is 53.4 Å². The van der Waals surface area contributed by atoms with Crippen molar-refractivity contribution in [1.29, 1.82) is 0 Å². The molecule has 0 amide bonds.